The lowest BCUT2D eigenvalue weighted by Crippen LogP contribution is -2.65. The number of hydrogen-bond acceptors (Lipinski definition) is 6. The van der Waals surface area contributed by atoms with E-state index in [1.165, 1.54) is 11.1 Å². The summed E-state index contributed by atoms with van der Waals surface area (Å²) in [7, 11) is 0. The molecule has 4 rings (SSSR count). The quantitative estimate of drug-likeness (QED) is 0.175. The highest BCUT2D eigenvalue weighted by Crippen LogP contribution is 2.23. The number of carbonyl (C=O) groups is 6. The maximum absolute atomic E-state index is 14.0. The molecule has 1 aromatic heterocycles. The first kappa shape index (κ1) is 32.9. The van der Waals surface area contributed by atoms with E-state index in [1.807, 2.05) is 26.8 Å². The molecule has 238 valence electrons. The number of carbonyl (C=O) groups excluding carboxylic acids is 6. The summed E-state index contributed by atoms with van der Waals surface area (Å²) >= 11 is 0. The van der Waals surface area contributed by atoms with Crippen molar-refractivity contribution in [2.75, 3.05) is 6.54 Å². The summed E-state index contributed by atoms with van der Waals surface area (Å²) in [5.74, 6) is -2.95. The van der Waals surface area contributed by atoms with Gasteiger partial charge in [-0.2, -0.15) is 0 Å². The van der Waals surface area contributed by atoms with Gasteiger partial charge in [-0.05, 0) is 44.1 Å². The van der Waals surface area contributed by atoms with Crippen molar-refractivity contribution in [3.05, 3.63) is 36.0 Å². The van der Waals surface area contributed by atoms with Gasteiger partial charge >= 0.3 is 0 Å². The zero-order chi connectivity index (χ0) is 31.8. The number of nitrogens with one attached hydrogen (secondary N) is 4. The number of para-hydroxylation sites is 1. The second-order valence-corrected chi connectivity index (χ2v) is 12.0. The van der Waals surface area contributed by atoms with Crippen LogP contribution >= 0.6 is 0 Å². The van der Waals surface area contributed by atoms with Crippen LogP contribution in [0.4, 0.5) is 0 Å². The number of benzene rings is 1. The van der Waals surface area contributed by atoms with Gasteiger partial charge in [0, 0.05) is 42.0 Å². The van der Waals surface area contributed by atoms with E-state index < -0.39 is 47.7 Å². The molecule has 2 aliphatic rings. The van der Waals surface area contributed by atoms with E-state index in [4.69, 9.17) is 0 Å². The Balaban J connectivity index is 1.67. The van der Waals surface area contributed by atoms with E-state index in [-0.39, 0.29) is 29.6 Å². The van der Waals surface area contributed by atoms with Gasteiger partial charge < -0.3 is 25.8 Å². The molecule has 1 aromatic carbocycles. The number of H-pyrrole nitrogens is 1. The van der Waals surface area contributed by atoms with Gasteiger partial charge in [0.25, 0.3) is 5.91 Å². The van der Waals surface area contributed by atoms with Gasteiger partial charge in [0.2, 0.25) is 17.7 Å². The van der Waals surface area contributed by atoms with Crippen LogP contribution in [0.5, 0.6) is 0 Å². The van der Waals surface area contributed by atoms with Gasteiger partial charge in [-0.3, -0.25) is 28.8 Å². The molecule has 0 radical (unpaired) electrons. The van der Waals surface area contributed by atoms with E-state index in [0.29, 0.717) is 62.4 Å². The third-order valence-corrected chi connectivity index (χ3v) is 9.01. The van der Waals surface area contributed by atoms with Crippen LogP contribution in [0.25, 0.3) is 10.9 Å². The highest BCUT2D eigenvalue weighted by Gasteiger charge is 2.42. The second kappa shape index (κ2) is 15.1. The number of fused-ring (bicyclic) bond motifs is 2. The molecular weight excluding hydrogens is 562 g/mol. The van der Waals surface area contributed by atoms with Gasteiger partial charge in [-0.25, -0.2) is 0 Å². The summed E-state index contributed by atoms with van der Waals surface area (Å²) in [4.78, 5) is 85.5. The summed E-state index contributed by atoms with van der Waals surface area (Å²) in [5, 5.41) is 8.88. The van der Waals surface area contributed by atoms with Crippen molar-refractivity contribution in [2.45, 2.75) is 109 Å². The maximum atomic E-state index is 14.0. The van der Waals surface area contributed by atoms with E-state index in [1.54, 1.807) is 18.2 Å². The standard InChI is InChI=1S/C33H45N5O6/c1-4-20(3)27-33(44)38-18-12-11-17-26(38)31(42)35-25(16-8-6-7-13-21(39)5-2)30(41)37-28(32(43)36-27)29(40)23-19-34-24-15-10-9-14-22(23)24/h9-10,14-15,19-20,25-28,34H,4-8,11-13,16-18H2,1-3H3,(H,35,42)(H,36,43)(H,37,41)/t20?,25-,26?,27-,28?/m0/s1. The molecule has 0 aliphatic carbocycles. The number of aromatic nitrogens is 1. The fourth-order valence-electron chi connectivity index (χ4n) is 6.05. The van der Waals surface area contributed by atoms with Gasteiger partial charge in [0.1, 0.15) is 23.9 Å². The number of amides is 4. The number of nitrogens with zero attached hydrogens (tertiary/aromatic N) is 1. The Kier molecular flexibility index (Phi) is 11.3. The van der Waals surface area contributed by atoms with Gasteiger partial charge in [-0.1, -0.05) is 58.2 Å². The largest absolute Gasteiger partial charge is 0.360 e. The van der Waals surface area contributed by atoms with Crippen LogP contribution in [0.1, 0.15) is 95.3 Å². The zero-order valence-corrected chi connectivity index (χ0v) is 25.9. The predicted octanol–water partition coefficient (Wildman–Crippen LogP) is 3.18. The van der Waals surface area contributed by atoms with Crippen LogP contribution in [-0.2, 0) is 24.0 Å². The Hall–Kier alpha value is -4.02. The fourth-order valence-corrected chi connectivity index (χ4v) is 6.05. The molecule has 0 spiro atoms. The molecule has 44 heavy (non-hydrogen) atoms. The molecule has 0 bridgehead atoms. The van der Waals surface area contributed by atoms with Crippen molar-refractivity contribution in [3.8, 4) is 0 Å². The molecule has 11 nitrogen and oxygen atoms in total. The highest BCUT2D eigenvalue weighted by atomic mass is 16.2. The average Bonchev–Trinajstić information content (AvgIpc) is 3.47. The lowest BCUT2D eigenvalue weighted by Gasteiger charge is -2.39. The first-order valence-corrected chi connectivity index (χ1v) is 16.0. The van der Waals surface area contributed by atoms with E-state index in [2.05, 4.69) is 20.9 Å². The molecule has 2 fully saturated rings. The van der Waals surface area contributed by atoms with Crippen LogP contribution in [-0.4, -0.2) is 75.8 Å². The maximum Gasteiger partial charge on any atom is 0.251 e. The first-order chi connectivity index (χ1) is 21.2. The molecule has 2 saturated heterocycles. The monoisotopic (exact) mass is 607 g/mol. The van der Waals surface area contributed by atoms with Crippen LogP contribution in [0, 0.1) is 5.92 Å². The normalized spacial score (nSPS) is 23.9. The minimum absolute atomic E-state index is 0.171. The minimum atomic E-state index is -1.63. The van der Waals surface area contributed by atoms with Crippen molar-refractivity contribution in [1.29, 1.82) is 0 Å². The Bertz CT molecular complexity index is 1390. The molecule has 4 amide bonds. The number of aromatic amines is 1. The minimum Gasteiger partial charge on any atom is -0.360 e. The number of rotatable bonds is 11. The van der Waals surface area contributed by atoms with E-state index >= 15 is 0 Å². The molecule has 3 heterocycles. The Labute approximate surface area is 258 Å². The smallest absolute Gasteiger partial charge is 0.251 e. The molecule has 4 N–H and O–H groups in total. The fraction of sp³-hybridized carbons (Fsp3) is 0.576. The van der Waals surface area contributed by atoms with Gasteiger partial charge in [0.15, 0.2) is 11.8 Å². The second-order valence-electron chi connectivity index (χ2n) is 12.0. The Morgan fingerprint density at radius 3 is 2.45 bits per heavy atom. The highest BCUT2D eigenvalue weighted by molar-refractivity contribution is 6.20. The van der Waals surface area contributed by atoms with Crippen LogP contribution in [0.2, 0.25) is 0 Å². The summed E-state index contributed by atoms with van der Waals surface area (Å²) in [6.07, 6.45) is 7.08. The van der Waals surface area contributed by atoms with Crippen molar-refractivity contribution in [2.24, 2.45) is 5.92 Å². The molecule has 2 aromatic rings. The van der Waals surface area contributed by atoms with Crippen molar-refractivity contribution in [3.63, 3.8) is 0 Å². The Morgan fingerprint density at radius 1 is 0.932 bits per heavy atom. The van der Waals surface area contributed by atoms with Crippen molar-refractivity contribution in [1.82, 2.24) is 25.8 Å². The van der Waals surface area contributed by atoms with E-state index in [9.17, 15) is 28.8 Å². The summed E-state index contributed by atoms with van der Waals surface area (Å²) in [6, 6.07) is 2.76. The number of unbranched alkanes of at least 4 members (excludes halogenated alkanes) is 2. The SMILES string of the molecule is CCC(=O)CCCCC[C@@H]1NC(=O)C2CCCCN2C(=O)[C@H](C(C)CC)NC(=O)C(C(=O)c2c[nH]c3ccccc23)NC1=O. The van der Waals surface area contributed by atoms with Crippen molar-refractivity contribution < 1.29 is 28.8 Å². The lowest BCUT2D eigenvalue weighted by atomic mass is 9.93. The number of hydrogen-bond donors (Lipinski definition) is 4. The van der Waals surface area contributed by atoms with Crippen molar-refractivity contribution >= 4 is 46.1 Å². The topological polar surface area (TPSA) is 158 Å². The number of ketones is 2. The third kappa shape index (κ3) is 7.54. The van der Waals surface area contributed by atoms with E-state index in [0.717, 1.165) is 12.8 Å². The zero-order valence-electron chi connectivity index (χ0n) is 25.9. The molecule has 0 saturated carbocycles. The Morgan fingerprint density at radius 2 is 1.70 bits per heavy atom. The third-order valence-electron chi connectivity index (χ3n) is 9.01. The molecule has 2 aliphatic heterocycles. The number of piperidine rings is 1. The predicted molar refractivity (Wildman–Crippen MR) is 166 cm³/mol. The molecule has 3 unspecified atom stereocenters. The number of Topliss-reactive ketones (excluding diaryl/α,β-unsaturated/α-hetero) is 2. The van der Waals surface area contributed by atoms with Crippen LogP contribution < -0.4 is 16.0 Å². The molecule has 5 atom stereocenters. The summed E-state index contributed by atoms with van der Waals surface area (Å²) in [6.45, 7) is 5.92. The van der Waals surface area contributed by atoms with Gasteiger partial charge in [-0.15, -0.1) is 0 Å². The average molecular weight is 608 g/mol. The first-order valence-electron chi connectivity index (χ1n) is 16.0. The van der Waals surface area contributed by atoms with Crippen LogP contribution in [0.15, 0.2) is 30.5 Å². The van der Waals surface area contributed by atoms with Gasteiger partial charge in [0.05, 0.1) is 0 Å². The molecule has 11 heteroatoms. The lowest BCUT2D eigenvalue weighted by molar-refractivity contribution is -0.147. The summed E-state index contributed by atoms with van der Waals surface area (Å²) < 4.78 is 0. The van der Waals surface area contributed by atoms with Crippen LogP contribution in [0.3, 0.4) is 0 Å². The summed E-state index contributed by atoms with van der Waals surface area (Å²) in [5.41, 5.74) is 0.933. The molecular formula is C33H45N5O6.